The molecule has 0 N–H and O–H groups in total. The molecule has 5 aromatic rings. The van der Waals surface area contributed by atoms with Crippen molar-refractivity contribution in [2.45, 2.75) is 11.8 Å². The van der Waals surface area contributed by atoms with Gasteiger partial charge in [0.25, 0.3) is 0 Å². The fraction of sp³-hybridized carbons (Fsp3) is 0.0667. The molecular weight excluding hydrogens is 506 g/mol. The number of sulfone groups is 1. The number of para-hydroxylation sites is 1. The number of fused-ring (bicyclic) bond motifs is 1. The van der Waals surface area contributed by atoms with Crippen LogP contribution >= 0.6 is 11.6 Å². The topological polar surface area (TPSA) is 73.3 Å². The van der Waals surface area contributed by atoms with Crippen LogP contribution in [0, 0.1) is 0 Å². The van der Waals surface area contributed by atoms with Gasteiger partial charge >= 0.3 is 5.97 Å². The number of nitrogens with zero attached hydrogens (tertiary/aromatic N) is 1. The van der Waals surface area contributed by atoms with Gasteiger partial charge in [-0.2, -0.15) is 0 Å². The van der Waals surface area contributed by atoms with Gasteiger partial charge in [-0.05, 0) is 47.5 Å². The van der Waals surface area contributed by atoms with Crippen LogP contribution in [0.15, 0.2) is 108 Å². The lowest BCUT2D eigenvalue weighted by atomic mass is 9.92. The second kappa shape index (κ2) is 10.2. The quantitative estimate of drug-likeness (QED) is 0.172. The number of hydrogen-bond acceptors (Lipinski definition) is 5. The molecule has 0 aliphatic carbocycles. The summed E-state index contributed by atoms with van der Waals surface area (Å²) < 4.78 is 30.2. The summed E-state index contributed by atoms with van der Waals surface area (Å²) in [4.78, 5) is 17.6. The first kappa shape index (κ1) is 24.7. The number of hydrogen-bond donors (Lipinski definition) is 0. The van der Waals surface area contributed by atoms with Crippen LogP contribution in [-0.4, -0.2) is 25.1 Å². The molecule has 184 valence electrons. The first-order valence-corrected chi connectivity index (χ1v) is 13.7. The molecule has 5 rings (SSSR count). The Labute approximate surface area is 220 Å². The molecule has 0 aliphatic rings. The van der Waals surface area contributed by atoms with Crippen molar-refractivity contribution >= 4 is 38.3 Å². The molecule has 5 nitrogen and oxygen atoms in total. The van der Waals surface area contributed by atoms with Gasteiger partial charge in [0.05, 0.1) is 26.8 Å². The van der Waals surface area contributed by atoms with Gasteiger partial charge in [0.15, 0.2) is 9.84 Å². The van der Waals surface area contributed by atoms with Gasteiger partial charge in [0, 0.05) is 22.7 Å². The van der Waals surface area contributed by atoms with E-state index in [1.807, 2.05) is 54.6 Å². The number of pyridine rings is 1. The van der Waals surface area contributed by atoms with Crippen LogP contribution in [-0.2, 0) is 9.84 Å². The van der Waals surface area contributed by atoms with E-state index >= 15 is 0 Å². The molecule has 0 atom stereocenters. The second-order valence-electron chi connectivity index (χ2n) is 8.40. The zero-order chi connectivity index (χ0) is 26.0. The molecule has 0 radical (unpaired) electrons. The van der Waals surface area contributed by atoms with E-state index in [0.29, 0.717) is 16.3 Å². The highest BCUT2D eigenvalue weighted by molar-refractivity contribution is 7.91. The van der Waals surface area contributed by atoms with E-state index in [-0.39, 0.29) is 16.2 Å². The van der Waals surface area contributed by atoms with Crippen LogP contribution in [0.3, 0.4) is 0 Å². The highest BCUT2D eigenvalue weighted by Crippen LogP contribution is 2.39. The summed E-state index contributed by atoms with van der Waals surface area (Å²) in [7, 11) is -3.45. The minimum absolute atomic E-state index is 0.0544. The normalized spacial score (nSPS) is 11.4. The van der Waals surface area contributed by atoms with E-state index < -0.39 is 15.8 Å². The Balaban J connectivity index is 1.58. The SMILES string of the molecule is CCS(=O)(=O)c1cccc(C(=O)Oc2cccc(-c3c(-c4ccccc4)cnc4c(Cl)cccc34)c2)c1. The third-order valence-electron chi connectivity index (χ3n) is 6.08. The summed E-state index contributed by atoms with van der Waals surface area (Å²) in [6, 6.07) is 28.7. The summed E-state index contributed by atoms with van der Waals surface area (Å²) in [6.45, 7) is 1.56. The Kier molecular flexibility index (Phi) is 6.78. The summed E-state index contributed by atoms with van der Waals surface area (Å²) >= 11 is 6.46. The summed E-state index contributed by atoms with van der Waals surface area (Å²) in [5, 5.41) is 1.41. The van der Waals surface area contributed by atoms with Gasteiger partial charge in [-0.25, -0.2) is 13.2 Å². The van der Waals surface area contributed by atoms with Gasteiger partial charge in [0.2, 0.25) is 0 Å². The standard InChI is InChI=1S/C30H22ClNO4S/c1-2-37(34,35)24-14-7-12-22(18-24)30(33)36-23-13-6-11-21(17-23)28-25-15-8-16-27(31)29(25)32-19-26(28)20-9-4-3-5-10-20/h3-19H,2H2,1H3. The Morgan fingerprint density at radius 1 is 0.865 bits per heavy atom. The van der Waals surface area contributed by atoms with E-state index in [4.69, 9.17) is 16.3 Å². The molecule has 1 aromatic heterocycles. The van der Waals surface area contributed by atoms with Crippen LogP contribution in [0.1, 0.15) is 17.3 Å². The molecule has 0 saturated carbocycles. The van der Waals surface area contributed by atoms with Crippen LogP contribution in [0.4, 0.5) is 0 Å². The first-order chi connectivity index (χ1) is 17.9. The number of carbonyl (C=O) groups is 1. The highest BCUT2D eigenvalue weighted by Gasteiger charge is 2.18. The number of halogens is 1. The molecular formula is C30H22ClNO4S. The average molecular weight is 528 g/mol. The summed E-state index contributed by atoms with van der Waals surface area (Å²) in [6.07, 6.45) is 1.80. The molecule has 0 unspecified atom stereocenters. The van der Waals surface area contributed by atoms with Gasteiger partial charge in [-0.3, -0.25) is 4.98 Å². The van der Waals surface area contributed by atoms with Crippen molar-refractivity contribution < 1.29 is 17.9 Å². The maximum absolute atomic E-state index is 12.9. The molecule has 0 bridgehead atoms. The third-order valence-corrected chi connectivity index (χ3v) is 8.11. The lowest BCUT2D eigenvalue weighted by Gasteiger charge is -2.15. The molecule has 7 heteroatoms. The molecule has 0 aliphatic heterocycles. The number of esters is 1. The Morgan fingerprint density at radius 2 is 1.59 bits per heavy atom. The third kappa shape index (κ3) is 4.99. The van der Waals surface area contributed by atoms with E-state index in [1.165, 1.54) is 24.3 Å². The number of carbonyl (C=O) groups excluding carboxylic acids is 1. The maximum Gasteiger partial charge on any atom is 0.343 e. The number of benzene rings is 4. The molecule has 0 fully saturated rings. The largest absolute Gasteiger partial charge is 0.423 e. The molecule has 4 aromatic carbocycles. The minimum Gasteiger partial charge on any atom is -0.423 e. The van der Waals surface area contributed by atoms with Gasteiger partial charge in [-0.1, -0.05) is 79.2 Å². The molecule has 0 saturated heterocycles. The van der Waals surface area contributed by atoms with E-state index in [0.717, 1.165) is 27.6 Å². The monoisotopic (exact) mass is 527 g/mol. The summed E-state index contributed by atoms with van der Waals surface area (Å²) in [5.74, 6) is -0.366. The average Bonchev–Trinajstić information content (AvgIpc) is 2.93. The Bertz CT molecular complexity index is 1730. The van der Waals surface area contributed by atoms with Crippen LogP contribution < -0.4 is 4.74 Å². The van der Waals surface area contributed by atoms with Crippen LogP contribution in [0.2, 0.25) is 5.02 Å². The summed E-state index contributed by atoms with van der Waals surface area (Å²) in [5.41, 5.74) is 4.47. The smallest absolute Gasteiger partial charge is 0.343 e. The Morgan fingerprint density at radius 3 is 2.38 bits per heavy atom. The van der Waals surface area contributed by atoms with Gasteiger partial charge in [-0.15, -0.1) is 0 Å². The highest BCUT2D eigenvalue weighted by atomic mass is 35.5. The van der Waals surface area contributed by atoms with Crippen molar-refractivity contribution in [3.8, 4) is 28.0 Å². The zero-order valence-electron chi connectivity index (χ0n) is 19.9. The molecule has 0 spiro atoms. The number of rotatable bonds is 6. The predicted octanol–water partition coefficient (Wildman–Crippen LogP) is 7.24. The lowest BCUT2D eigenvalue weighted by molar-refractivity contribution is 0.0734. The Hall–Kier alpha value is -4.00. The van der Waals surface area contributed by atoms with Crippen molar-refractivity contribution in [2.24, 2.45) is 0 Å². The van der Waals surface area contributed by atoms with E-state index in [9.17, 15) is 13.2 Å². The number of ether oxygens (including phenoxy) is 1. The van der Waals surface area contributed by atoms with Crippen molar-refractivity contribution in [3.05, 3.63) is 114 Å². The van der Waals surface area contributed by atoms with E-state index in [2.05, 4.69) is 4.98 Å². The van der Waals surface area contributed by atoms with Crippen molar-refractivity contribution in [1.82, 2.24) is 4.98 Å². The van der Waals surface area contributed by atoms with E-state index in [1.54, 1.807) is 31.3 Å². The minimum atomic E-state index is -3.45. The predicted molar refractivity (Wildman–Crippen MR) is 147 cm³/mol. The van der Waals surface area contributed by atoms with Crippen LogP contribution in [0.25, 0.3) is 33.2 Å². The molecule has 0 amide bonds. The number of aromatic nitrogens is 1. The fourth-order valence-corrected chi connectivity index (χ4v) is 5.35. The maximum atomic E-state index is 12.9. The zero-order valence-corrected chi connectivity index (χ0v) is 21.5. The van der Waals surface area contributed by atoms with Crippen LogP contribution in [0.5, 0.6) is 5.75 Å². The van der Waals surface area contributed by atoms with Crippen molar-refractivity contribution in [2.75, 3.05) is 5.75 Å². The van der Waals surface area contributed by atoms with Crippen molar-refractivity contribution in [1.29, 1.82) is 0 Å². The first-order valence-electron chi connectivity index (χ1n) is 11.7. The lowest BCUT2D eigenvalue weighted by Crippen LogP contribution is -2.10. The molecule has 1 heterocycles. The second-order valence-corrected chi connectivity index (χ2v) is 11.1. The van der Waals surface area contributed by atoms with Gasteiger partial charge < -0.3 is 4.74 Å². The molecule has 37 heavy (non-hydrogen) atoms. The fourth-order valence-electron chi connectivity index (χ4n) is 4.20. The van der Waals surface area contributed by atoms with Gasteiger partial charge in [0.1, 0.15) is 5.75 Å². The van der Waals surface area contributed by atoms with Crippen molar-refractivity contribution in [3.63, 3.8) is 0 Å².